The highest BCUT2D eigenvalue weighted by Gasteiger charge is 2.19. The maximum absolute atomic E-state index is 12.9. The van der Waals surface area contributed by atoms with E-state index in [9.17, 15) is 4.79 Å². The summed E-state index contributed by atoms with van der Waals surface area (Å²) in [6.07, 6.45) is 3.49. The van der Waals surface area contributed by atoms with Gasteiger partial charge in [0, 0.05) is 44.1 Å². The highest BCUT2D eigenvalue weighted by atomic mass is 16.5. The first kappa shape index (κ1) is 20.9. The monoisotopic (exact) mass is 416 g/mol. The lowest BCUT2D eigenvalue weighted by Gasteiger charge is -2.36. The Morgan fingerprint density at radius 2 is 1.68 bits per heavy atom. The van der Waals surface area contributed by atoms with E-state index in [1.54, 1.807) is 24.5 Å². The Kier molecular flexibility index (Phi) is 6.79. The van der Waals surface area contributed by atoms with Crippen molar-refractivity contribution < 1.29 is 9.53 Å². The predicted molar refractivity (Wildman–Crippen MR) is 124 cm³/mol. The van der Waals surface area contributed by atoms with Crippen LogP contribution in [0.15, 0.2) is 73.1 Å². The molecule has 1 aliphatic heterocycles. The van der Waals surface area contributed by atoms with Gasteiger partial charge in [0.1, 0.15) is 12.4 Å². The van der Waals surface area contributed by atoms with Crippen molar-refractivity contribution in [2.75, 3.05) is 42.9 Å². The number of rotatable bonds is 7. The van der Waals surface area contributed by atoms with Crippen molar-refractivity contribution in [1.29, 1.82) is 0 Å². The lowest BCUT2D eigenvalue weighted by molar-refractivity contribution is 0.102. The van der Waals surface area contributed by atoms with Crippen LogP contribution in [0.1, 0.15) is 22.8 Å². The number of benzene rings is 2. The van der Waals surface area contributed by atoms with Crippen LogP contribution < -0.4 is 15.0 Å². The van der Waals surface area contributed by atoms with E-state index in [1.807, 2.05) is 42.5 Å². The van der Waals surface area contributed by atoms with Crippen LogP contribution in [-0.4, -0.2) is 48.5 Å². The van der Waals surface area contributed by atoms with Gasteiger partial charge in [-0.3, -0.25) is 9.78 Å². The summed E-state index contributed by atoms with van der Waals surface area (Å²) < 4.78 is 5.79. The number of hydrogen-bond acceptors (Lipinski definition) is 5. The average Bonchev–Trinajstić information content (AvgIpc) is 2.84. The average molecular weight is 417 g/mol. The maximum Gasteiger partial charge on any atom is 0.255 e. The van der Waals surface area contributed by atoms with Gasteiger partial charge in [-0.05, 0) is 60.6 Å². The van der Waals surface area contributed by atoms with Gasteiger partial charge in [0.05, 0.1) is 11.4 Å². The van der Waals surface area contributed by atoms with E-state index in [2.05, 4.69) is 33.1 Å². The van der Waals surface area contributed by atoms with E-state index < -0.39 is 0 Å². The number of nitrogens with one attached hydrogen (secondary N) is 1. The first-order valence-electron chi connectivity index (χ1n) is 10.7. The number of nitrogens with zero attached hydrogens (tertiary/aromatic N) is 3. The van der Waals surface area contributed by atoms with Crippen molar-refractivity contribution in [3.63, 3.8) is 0 Å². The fraction of sp³-hybridized carbons (Fsp3) is 0.280. The van der Waals surface area contributed by atoms with Crippen molar-refractivity contribution >= 4 is 17.3 Å². The standard InChI is InChI=1S/C25H28N4O2/c1-2-28-15-17-29(18-16-28)24-6-4-3-5-23(24)27-25(30)21-7-9-22(10-8-21)31-19-20-11-13-26-14-12-20/h3-14H,2,15-19H2,1H3,(H,27,30). The van der Waals surface area contributed by atoms with Gasteiger partial charge >= 0.3 is 0 Å². The van der Waals surface area contributed by atoms with Crippen molar-refractivity contribution in [3.8, 4) is 5.75 Å². The summed E-state index contributed by atoms with van der Waals surface area (Å²) >= 11 is 0. The highest BCUT2D eigenvalue weighted by molar-refractivity contribution is 6.06. The van der Waals surface area contributed by atoms with Crippen LogP contribution in [0.2, 0.25) is 0 Å². The summed E-state index contributed by atoms with van der Waals surface area (Å²) in [6.45, 7) is 7.74. The Balaban J connectivity index is 1.38. The van der Waals surface area contributed by atoms with Crippen molar-refractivity contribution in [3.05, 3.63) is 84.2 Å². The second-order valence-corrected chi connectivity index (χ2v) is 7.56. The second kappa shape index (κ2) is 10.1. The van der Waals surface area contributed by atoms with Crippen LogP contribution in [-0.2, 0) is 6.61 Å². The molecule has 0 radical (unpaired) electrons. The number of para-hydroxylation sites is 2. The lowest BCUT2D eigenvalue weighted by atomic mass is 10.1. The van der Waals surface area contributed by atoms with E-state index in [1.165, 1.54) is 0 Å². The summed E-state index contributed by atoms with van der Waals surface area (Å²) in [4.78, 5) is 21.6. The summed E-state index contributed by atoms with van der Waals surface area (Å²) in [5.41, 5.74) is 3.56. The molecule has 1 N–H and O–H groups in total. The summed E-state index contributed by atoms with van der Waals surface area (Å²) in [5.74, 6) is 0.600. The summed E-state index contributed by atoms with van der Waals surface area (Å²) in [7, 11) is 0. The van der Waals surface area contributed by atoms with Crippen molar-refractivity contribution in [1.82, 2.24) is 9.88 Å². The third-order valence-corrected chi connectivity index (χ3v) is 5.58. The van der Waals surface area contributed by atoms with Gasteiger partial charge in [0.15, 0.2) is 0 Å². The van der Waals surface area contributed by atoms with Gasteiger partial charge in [-0.2, -0.15) is 0 Å². The molecule has 4 rings (SSSR count). The molecule has 31 heavy (non-hydrogen) atoms. The molecule has 0 unspecified atom stereocenters. The molecule has 0 bridgehead atoms. The van der Waals surface area contributed by atoms with Gasteiger partial charge in [-0.15, -0.1) is 0 Å². The van der Waals surface area contributed by atoms with Crippen LogP contribution in [0.3, 0.4) is 0 Å². The topological polar surface area (TPSA) is 57.7 Å². The smallest absolute Gasteiger partial charge is 0.255 e. The number of hydrogen-bond donors (Lipinski definition) is 1. The van der Waals surface area contributed by atoms with E-state index in [-0.39, 0.29) is 5.91 Å². The molecule has 0 spiro atoms. The molecule has 160 valence electrons. The van der Waals surface area contributed by atoms with Crippen molar-refractivity contribution in [2.24, 2.45) is 0 Å². The number of amides is 1. The summed E-state index contributed by atoms with van der Waals surface area (Å²) in [5, 5.41) is 3.08. The van der Waals surface area contributed by atoms with Gasteiger partial charge in [-0.25, -0.2) is 0 Å². The fourth-order valence-corrected chi connectivity index (χ4v) is 3.70. The Labute approximate surface area is 183 Å². The molecule has 0 aliphatic carbocycles. The molecular weight excluding hydrogens is 388 g/mol. The fourth-order valence-electron chi connectivity index (χ4n) is 3.70. The lowest BCUT2D eigenvalue weighted by Crippen LogP contribution is -2.46. The zero-order valence-corrected chi connectivity index (χ0v) is 17.8. The zero-order valence-electron chi connectivity index (χ0n) is 17.8. The molecule has 6 heteroatoms. The SMILES string of the molecule is CCN1CCN(c2ccccc2NC(=O)c2ccc(OCc3ccncc3)cc2)CC1. The van der Waals surface area contributed by atoms with Crippen LogP contribution >= 0.6 is 0 Å². The van der Waals surface area contributed by atoms with Gasteiger partial charge in [0.25, 0.3) is 5.91 Å². The summed E-state index contributed by atoms with van der Waals surface area (Å²) in [6, 6.07) is 19.1. The normalized spacial score (nSPS) is 14.3. The maximum atomic E-state index is 12.9. The minimum absolute atomic E-state index is 0.125. The quantitative estimate of drug-likeness (QED) is 0.630. The molecular formula is C25H28N4O2. The van der Waals surface area contributed by atoms with Crippen molar-refractivity contribution in [2.45, 2.75) is 13.5 Å². The first-order valence-corrected chi connectivity index (χ1v) is 10.7. The number of carbonyl (C=O) groups is 1. The zero-order chi connectivity index (χ0) is 21.5. The van der Waals surface area contributed by atoms with E-state index in [0.717, 1.165) is 55.4 Å². The number of pyridine rings is 1. The van der Waals surface area contributed by atoms with Crippen LogP contribution in [0.4, 0.5) is 11.4 Å². The number of aromatic nitrogens is 1. The van der Waals surface area contributed by atoms with E-state index in [4.69, 9.17) is 4.74 Å². The number of piperazine rings is 1. The Bertz CT molecular complexity index is 984. The van der Waals surface area contributed by atoms with Gasteiger partial charge in [0.2, 0.25) is 0 Å². The Morgan fingerprint density at radius 1 is 0.968 bits per heavy atom. The van der Waals surface area contributed by atoms with Gasteiger partial charge < -0.3 is 19.9 Å². The van der Waals surface area contributed by atoms with E-state index in [0.29, 0.717) is 12.2 Å². The molecule has 2 aromatic carbocycles. The largest absolute Gasteiger partial charge is 0.489 e. The number of likely N-dealkylation sites (N-methyl/N-ethyl adjacent to an activating group) is 1. The highest BCUT2D eigenvalue weighted by Crippen LogP contribution is 2.27. The third kappa shape index (κ3) is 5.41. The van der Waals surface area contributed by atoms with Crippen LogP contribution in [0.25, 0.3) is 0 Å². The molecule has 2 heterocycles. The first-order chi connectivity index (χ1) is 15.2. The molecule has 1 aliphatic rings. The third-order valence-electron chi connectivity index (χ3n) is 5.58. The number of anilines is 2. The molecule has 1 fully saturated rings. The molecule has 1 aromatic heterocycles. The van der Waals surface area contributed by atoms with Crippen LogP contribution in [0, 0.1) is 0 Å². The molecule has 1 amide bonds. The molecule has 1 saturated heterocycles. The number of ether oxygens (including phenoxy) is 1. The molecule has 3 aromatic rings. The Hall–Kier alpha value is -3.38. The molecule has 0 saturated carbocycles. The minimum Gasteiger partial charge on any atom is -0.489 e. The number of carbonyl (C=O) groups excluding carboxylic acids is 1. The second-order valence-electron chi connectivity index (χ2n) is 7.56. The van der Waals surface area contributed by atoms with Crippen LogP contribution in [0.5, 0.6) is 5.75 Å². The Morgan fingerprint density at radius 3 is 2.39 bits per heavy atom. The van der Waals surface area contributed by atoms with E-state index >= 15 is 0 Å². The minimum atomic E-state index is -0.125. The predicted octanol–water partition coefficient (Wildman–Crippen LogP) is 4.05. The van der Waals surface area contributed by atoms with Gasteiger partial charge in [-0.1, -0.05) is 19.1 Å². The molecule has 6 nitrogen and oxygen atoms in total. The molecule has 0 atom stereocenters.